The van der Waals surface area contributed by atoms with E-state index in [1.807, 2.05) is 24.3 Å². The smallest absolute Gasteiger partial charge is 0.338 e. The highest BCUT2D eigenvalue weighted by Gasteiger charge is 2.18. The van der Waals surface area contributed by atoms with Crippen molar-refractivity contribution in [1.29, 1.82) is 0 Å². The predicted octanol–water partition coefficient (Wildman–Crippen LogP) is 1.64. The van der Waals surface area contributed by atoms with E-state index in [-0.39, 0.29) is 5.97 Å². The van der Waals surface area contributed by atoms with Gasteiger partial charge in [0, 0.05) is 0 Å². The van der Waals surface area contributed by atoms with Gasteiger partial charge in [-0.3, -0.25) is 0 Å². The van der Waals surface area contributed by atoms with E-state index in [4.69, 9.17) is 9.47 Å². The van der Waals surface area contributed by atoms with Crippen molar-refractivity contribution in [3.05, 3.63) is 35.9 Å². The molecule has 0 amide bonds. The molecule has 72 valence electrons. The Morgan fingerprint density at radius 1 is 1.43 bits per heavy atom. The van der Waals surface area contributed by atoms with E-state index in [0.29, 0.717) is 12.2 Å². The first-order valence-electron chi connectivity index (χ1n) is 4.33. The molecular formula is C11H10O3. The molecule has 1 aromatic carbocycles. The Morgan fingerprint density at radius 3 is 2.93 bits per heavy atom. The summed E-state index contributed by atoms with van der Waals surface area (Å²) in [6.45, 7) is 0.366. The van der Waals surface area contributed by atoms with Crippen LogP contribution in [-0.4, -0.2) is 19.7 Å². The fourth-order valence-corrected chi connectivity index (χ4v) is 1.39. The van der Waals surface area contributed by atoms with E-state index in [2.05, 4.69) is 0 Å². The van der Waals surface area contributed by atoms with Gasteiger partial charge in [0.25, 0.3) is 0 Å². The number of carbonyl (C=O) groups is 1. The van der Waals surface area contributed by atoms with Gasteiger partial charge in [0.15, 0.2) is 0 Å². The van der Waals surface area contributed by atoms with Crippen molar-refractivity contribution in [2.45, 2.75) is 0 Å². The van der Waals surface area contributed by atoms with Gasteiger partial charge in [-0.25, -0.2) is 4.79 Å². The van der Waals surface area contributed by atoms with Crippen LogP contribution in [0.15, 0.2) is 30.3 Å². The van der Waals surface area contributed by atoms with Crippen LogP contribution in [0.5, 0.6) is 5.75 Å². The zero-order valence-corrected chi connectivity index (χ0v) is 7.82. The molecule has 0 spiro atoms. The molecular weight excluding hydrogens is 180 g/mol. The highest BCUT2D eigenvalue weighted by atomic mass is 16.5. The molecule has 3 nitrogen and oxygen atoms in total. The molecule has 0 atom stereocenters. The van der Waals surface area contributed by atoms with Crippen LogP contribution in [0, 0.1) is 0 Å². The van der Waals surface area contributed by atoms with E-state index in [1.165, 1.54) is 0 Å². The Kier molecular flexibility index (Phi) is 2.23. The van der Waals surface area contributed by atoms with Gasteiger partial charge < -0.3 is 9.47 Å². The van der Waals surface area contributed by atoms with Crippen molar-refractivity contribution < 1.29 is 14.3 Å². The Bertz CT molecular complexity index is 393. The molecule has 0 fully saturated rings. The maximum Gasteiger partial charge on any atom is 0.338 e. The van der Waals surface area contributed by atoms with Crippen LogP contribution in [0.3, 0.4) is 0 Å². The van der Waals surface area contributed by atoms with E-state index < -0.39 is 0 Å². The van der Waals surface area contributed by atoms with Gasteiger partial charge in [-0.05, 0) is 23.8 Å². The van der Waals surface area contributed by atoms with Crippen molar-refractivity contribution in [3.63, 3.8) is 0 Å². The minimum absolute atomic E-state index is 0.266. The number of carbonyl (C=O) groups excluding carboxylic acids is 1. The molecule has 2 rings (SSSR count). The third-order valence-electron chi connectivity index (χ3n) is 2.10. The first-order chi connectivity index (χ1) is 6.81. The lowest BCUT2D eigenvalue weighted by Gasteiger charge is -2.03. The van der Waals surface area contributed by atoms with Gasteiger partial charge in [0.2, 0.25) is 0 Å². The van der Waals surface area contributed by atoms with Crippen molar-refractivity contribution in [2.24, 2.45) is 0 Å². The molecule has 0 saturated heterocycles. The molecule has 3 heteroatoms. The number of benzene rings is 1. The highest BCUT2D eigenvalue weighted by molar-refractivity contribution is 6.18. The van der Waals surface area contributed by atoms with Gasteiger partial charge in [-0.2, -0.15) is 0 Å². The number of ether oxygens (including phenoxy) is 2. The van der Waals surface area contributed by atoms with E-state index in [9.17, 15) is 4.79 Å². The van der Waals surface area contributed by atoms with Crippen LogP contribution in [-0.2, 0) is 9.53 Å². The molecule has 0 aromatic heterocycles. The molecule has 1 aromatic rings. The van der Waals surface area contributed by atoms with E-state index >= 15 is 0 Å². The van der Waals surface area contributed by atoms with Crippen molar-refractivity contribution in [1.82, 2.24) is 0 Å². The number of hydrogen-bond donors (Lipinski definition) is 0. The SMILES string of the molecule is COc1cccc(C2=CCOC2=O)c1. The topological polar surface area (TPSA) is 35.5 Å². The summed E-state index contributed by atoms with van der Waals surface area (Å²) in [4.78, 5) is 11.2. The van der Waals surface area contributed by atoms with Crippen LogP contribution in [0.4, 0.5) is 0 Å². The second-order valence-corrected chi connectivity index (χ2v) is 2.95. The molecule has 0 N–H and O–H groups in total. The Balaban J connectivity index is 2.36. The standard InChI is InChI=1S/C11H10O3/c1-13-9-4-2-3-8(7-9)10-5-6-14-11(10)12/h2-5,7H,6H2,1H3. The van der Waals surface area contributed by atoms with Gasteiger partial charge in [-0.15, -0.1) is 0 Å². The lowest BCUT2D eigenvalue weighted by Crippen LogP contribution is -1.98. The maximum absolute atomic E-state index is 11.2. The van der Waals surface area contributed by atoms with Crippen LogP contribution >= 0.6 is 0 Å². The van der Waals surface area contributed by atoms with Crippen LogP contribution in [0.1, 0.15) is 5.56 Å². The average Bonchev–Trinajstić information content (AvgIpc) is 2.65. The quantitative estimate of drug-likeness (QED) is 0.665. The normalized spacial score (nSPS) is 14.9. The second-order valence-electron chi connectivity index (χ2n) is 2.95. The zero-order valence-electron chi connectivity index (χ0n) is 7.82. The third kappa shape index (κ3) is 1.48. The maximum atomic E-state index is 11.2. The number of cyclic esters (lactones) is 1. The first kappa shape index (κ1) is 8.81. The number of methoxy groups -OCH3 is 1. The summed E-state index contributed by atoms with van der Waals surface area (Å²) in [5, 5.41) is 0. The molecule has 0 aliphatic carbocycles. The summed E-state index contributed by atoms with van der Waals surface area (Å²) in [6, 6.07) is 7.37. The third-order valence-corrected chi connectivity index (χ3v) is 2.10. The molecule has 0 unspecified atom stereocenters. The first-order valence-corrected chi connectivity index (χ1v) is 4.33. The van der Waals surface area contributed by atoms with Crippen molar-refractivity contribution in [2.75, 3.05) is 13.7 Å². The summed E-state index contributed by atoms with van der Waals surface area (Å²) >= 11 is 0. The monoisotopic (exact) mass is 190 g/mol. The Labute approximate surface area is 81.9 Å². The van der Waals surface area contributed by atoms with E-state index in [1.54, 1.807) is 13.2 Å². The number of esters is 1. The van der Waals surface area contributed by atoms with Gasteiger partial charge in [0.1, 0.15) is 12.4 Å². The molecule has 0 saturated carbocycles. The molecule has 1 aliphatic rings. The molecule has 0 radical (unpaired) electrons. The van der Waals surface area contributed by atoms with Crippen molar-refractivity contribution >= 4 is 11.5 Å². The van der Waals surface area contributed by atoms with Gasteiger partial charge in [-0.1, -0.05) is 12.1 Å². The Morgan fingerprint density at radius 2 is 2.29 bits per heavy atom. The summed E-state index contributed by atoms with van der Waals surface area (Å²) in [5.74, 6) is 0.473. The van der Waals surface area contributed by atoms with E-state index in [0.717, 1.165) is 11.3 Å². The predicted molar refractivity (Wildman–Crippen MR) is 51.9 cm³/mol. The largest absolute Gasteiger partial charge is 0.497 e. The molecule has 14 heavy (non-hydrogen) atoms. The molecule has 1 heterocycles. The second kappa shape index (κ2) is 3.54. The lowest BCUT2D eigenvalue weighted by molar-refractivity contribution is -0.133. The van der Waals surface area contributed by atoms with Crippen LogP contribution in [0.2, 0.25) is 0 Å². The zero-order chi connectivity index (χ0) is 9.97. The van der Waals surface area contributed by atoms with Crippen LogP contribution < -0.4 is 4.74 Å². The number of hydrogen-bond acceptors (Lipinski definition) is 3. The minimum atomic E-state index is -0.266. The summed E-state index contributed by atoms with van der Waals surface area (Å²) < 4.78 is 9.89. The van der Waals surface area contributed by atoms with Gasteiger partial charge in [0.05, 0.1) is 12.7 Å². The Hall–Kier alpha value is -1.77. The fraction of sp³-hybridized carbons (Fsp3) is 0.182. The molecule has 0 bridgehead atoms. The number of rotatable bonds is 2. The fourth-order valence-electron chi connectivity index (χ4n) is 1.39. The van der Waals surface area contributed by atoms with Crippen molar-refractivity contribution in [3.8, 4) is 5.75 Å². The minimum Gasteiger partial charge on any atom is -0.497 e. The molecule has 1 aliphatic heterocycles. The average molecular weight is 190 g/mol. The van der Waals surface area contributed by atoms with Crippen LogP contribution in [0.25, 0.3) is 5.57 Å². The highest BCUT2D eigenvalue weighted by Crippen LogP contribution is 2.23. The summed E-state index contributed by atoms with van der Waals surface area (Å²) in [6.07, 6.45) is 1.77. The van der Waals surface area contributed by atoms with Gasteiger partial charge >= 0.3 is 5.97 Å². The summed E-state index contributed by atoms with van der Waals surface area (Å²) in [5.41, 5.74) is 1.45. The lowest BCUT2D eigenvalue weighted by atomic mass is 10.1. The summed E-state index contributed by atoms with van der Waals surface area (Å²) in [7, 11) is 1.60.